The number of carbonyl (C=O) groups excluding carboxylic acids is 1. The highest BCUT2D eigenvalue weighted by Crippen LogP contribution is 2.23. The number of carbonyl (C=O) groups is 1. The van der Waals surface area contributed by atoms with E-state index in [0.717, 1.165) is 11.3 Å². The van der Waals surface area contributed by atoms with Gasteiger partial charge in [0, 0.05) is 43.5 Å². The number of hydrogen-bond acceptors (Lipinski definition) is 2. The largest absolute Gasteiger partial charge is 0.337 e. The summed E-state index contributed by atoms with van der Waals surface area (Å²) in [4.78, 5) is 17.7. The minimum atomic E-state index is -0.120. The standard InChI is InChI=1S/C16H18ClN3O/c1-20(2)16(21)19-11-14(15-5-3-4-10-18-15)12-6-8-13(17)9-7-12/h3-10,14H,11H2,1-2H3,(H,19,21). The Labute approximate surface area is 129 Å². The molecule has 5 heteroatoms. The molecule has 0 aliphatic carbocycles. The Morgan fingerprint density at radius 1 is 1.24 bits per heavy atom. The lowest BCUT2D eigenvalue weighted by Gasteiger charge is -2.19. The third-order valence-corrected chi connectivity index (χ3v) is 3.43. The molecule has 0 radical (unpaired) electrons. The van der Waals surface area contributed by atoms with Gasteiger partial charge in [-0.15, -0.1) is 0 Å². The molecule has 21 heavy (non-hydrogen) atoms. The van der Waals surface area contributed by atoms with Gasteiger partial charge in [0.2, 0.25) is 0 Å². The minimum absolute atomic E-state index is 0.00707. The highest BCUT2D eigenvalue weighted by atomic mass is 35.5. The van der Waals surface area contributed by atoms with Gasteiger partial charge in [-0.25, -0.2) is 4.79 Å². The van der Waals surface area contributed by atoms with Crippen molar-refractivity contribution < 1.29 is 4.79 Å². The van der Waals surface area contributed by atoms with Crippen LogP contribution in [0, 0.1) is 0 Å². The lowest BCUT2D eigenvalue weighted by atomic mass is 9.95. The van der Waals surface area contributed by atoms with Gasteiger partial charge in [-0.05, 0) is 29.8 Å². The number of benzene rings is 1. The van der Waals surface area contributed by atoms with Gasteiger partial charge in [0.1, 0.15) is 0 Å². The fourth-order valence-corrected chi connectivity index (χ4v) is 2.14. The quantitative estimate of drug-likeness (QED) is 0.943. The van der Waals surface area contributed by atoms with E-state index in [2.05, 4.69) is 10.3 Å². The van der Waals surface area contributed by atoms with E-state index in [1.54, 1.807) is 20.3 Å². The van der Waals surface area contributed by atoms with Gasteiger partial charge in [0.05, 0.1) is 0 Å². The molecule has 2 aromatic rings. The van der Waals surface area contributed by atoms with Gasteiger partial charge in [-0.2, -0.15) is 0 Å². The molecule has 1 unspecified atom stereocenters. The van der Waals surface area contributed by atoms with Crippen LogP contribution in [-0.4, -0.2) is 36.6 Å². The van der Waals surface area contributed by atoms with Crippen LogP contribution in [0.3, 0.4) is 0 Å². The van der Waals surface area contributed by atoms with Gasteiger partial charge in [0.25, 0.3) is 0 Å². The fraction of sp³-hybridized carbons (Fsp3) is 0.250. The molecule has 0 aliphatic heterocycles. The summed E-state index contributed by atoms with van der Waals surface area (Å²) in [5.74, 6) is -0.00707. The molecular formula is C16H18ClN3O. The van der Waals surface area contributed by atoms with Crippen LogP contribution in [0.5, 0.6) is 0 Å². The lowest BCUT2D eigenvalue weighted by Crippen LogP contribution is -2.37. The number of urea groups is 1. The van der Waals surface area contributed by atoms with E-state index in [9.17, 15) is 4.79 Å². The summed E-state index contributed by atoms with van der Waals surface area (Å²) in [7, 11) is 3.43. The predicted molar refractivity (Wildman–Crippen MR) is 84.6 cm³/mol. The zero-order valence-corrected chi connectivity index (χ0v) is 12.8. The summed E-state index contributed by atoms with van der Waals surface area (Å²) in [6.45, 7) is 0.482. The molecule has 1 aromatic carbocycles. The summed E-state index contributed by atoms with van der Waals surface area (Å²) in [5.41, 5.74) is 1.98. The topological polar surface area (TPSA) is 45.2 Å². The Balaban J connectivity index is 2.23. The highest BCUT2D eigenvalue weighted by Gasteiger charge is 2.17. The first-order valence-corrected chi connectivity index (χ1v) is 7.07. The van der Waals surface area contributed by atoms with Gasteiger partial charge in [0.15, 0.2) is 0 Å². The molecular weight excluding hydrogens is 286 g/mol. The average Bonchev–Trinajstić information content (AvgIpc) is 2.50. The summed E-state index contributed by atoms with van der Waals surface area (Å²) < 4.78 is 0. The molecule has 0 spiro atoms. The summed E-state index contributed by atoms with van der Waals surface area (Å²) in [5, 5.41) is 3.60. The Bertz CT molecular complexity index is 584. The minimum Gasteiger partial charge on any atom is -0.337 e. The zero-order chi connectivity index (χ0) is 15.2. The molecule has 0 fully saturated rings. The third-order valence-electron chi connectivity index (χ3n) is 3.18. The van der Waals surface area contributed by atoms with Crippen molar-refractivity contribution in [2.45, 2.75) is 5.92 Å². The number of pyridine rings is 1. The maximum Gasteiger partial charge on any atom is 0.316 e. The summed E-state index contributed by atoms with van der Waals surface area (Å²) in [6, 6.07) is 13.3. The van der Waals surface area contributed by atoms with Crippen LogP contribution >= 0.6 is 11.6 Å². The van der Waals surface area contributed by atoms with E-state index in [1.165, 1.54) is 4.90 Å². The van der Waals surface area contributed by atoms with Crippen molar-refractivity contribution in [3.05, 3.63) is 64.9 Å². The van der Waals surface area contributed by atoms with Gasteiger partial charge < -0.3 is 10.2 Å². The van der Waals surface area contributed by atoms with E-state index >= 15 is 0 Å². The first kappa shape index (κ1) is 15.3. The number of nitrogens with zero attached hydrogens (tertiary/aromatic N) is 2. The van der Waals surface area contributed by atoms with E-state index in [-0.39, 0.29) is 11.9 Å². The Kier molecular flexibility index (Phi) is 5.17. The molecule has 1 aromatic heterocycles. The van der Waals surface area contributed by atoms with E-state index in [4.69, 9.17) is 11.6 Å². The first-order chi connectivity index (χ1) is 10.1. The van der Waals surface area contributed by atoms with E-state index in [0.29, 0.717) is 11.6 Å². The molecule has 0 saturated carbocycles. The van der Waals surface area contributed by atoms with Crippen LogP contribution in [-0.2, 0) is 0 Å². The second-order valence-corrected chi connectivity index (χ2v) is 5.38. The molecule has 1 N–H and O–H groups in total. The SMILES string of the molecule is CN(C)C(=O)NCC(c1ccc(Cl)cc1)c1ccccn1. The number of aromatic nitrogens is 1. The maximum atomic E-state index is 11.7. The maximum absolute atomic E-state index is 11.7. The molecule has 110 valence electrons. The van der Waals surface area contributed by atoms with Crippen molar-refractivity contribution >= 4 is 17.6 Å². The van der Waals surface area contributed by atoms with Gasteiger partial charge in [-0.1, -0.05) is 29.8 Å². The number of rotatable bonds is 4. The van der Waals surface area contributed by atoms with E-state index < -0.39 is 0 Å². The molecule has 1 atom stereocenters. The number of amides is 2. The fourth-order valence-electron chi connectivity index (χ4n) is 2.02. The van der Waals surface area contributed by atoms with Crippen molar-refractivity contribution in [1.82, 2.24) is 15.2 Å². The second-order valence-electron chi connectivity index (χ2n) is 4.94. The molecule has 0 aliphatic rings. The molecule has 4 nitrogen and oxygen atoms in total. The highest BCUT2D eigenvalue weighted by molar-refractivity contribution is 6.30. The van der Waals surface area contributed by atoms with Crippen LogP contribution < -0.4 is 5.32 Å². The Hall–Kier alpha value is -2.07. The van der Waals surface area contributed by atoms with Crippen molar-refractivity contribution in [3.8, 4) is 0 Å². The van der Waals surface area contributed by atoms with Crippen molar-refractivity contribution in [2.24, 2.45) is 0 Å². The molecule has 0 saturated heterocycles. The van der Waals surface area contributed by atoms with Gasteiger partial charge in [-0.3, -0.25) is 4.98 Å². The summed E-state index contributed by atoms with van der Waals surface area (Å²) in [6.07, 6.45) is 1.76. The molecule has 0 bridgehead atoms. The number of halogens is 1. The van der Waals surface area contributed by atoms with E-state index in [1.807, 2.05) is 42.5 Å². The van der Waals surface area contributed by atoms with Crippen molar-refractivity contribution in [1.29, 1.82) is 0 Å². The molecule has 2 amide bonds. The number of nitrogens with one attached hydrogen (secondary N) is 1. The Morgan fingerprint density at radius 2 is 1.95 bits per heavy atom. The second kappa shape index (κ2) is 7.09. The molecule has 2 rings (SSSR count). The van der Waals surface area contributed by atoms with Crippen molar-refractivity contribution in [3.63, 3.8) is 0 Å². The predicted octanol–water partition coefficient (Wildman–Crippen LogP) is 3.14. The zero-order valence-electron chi connectivity index (χ0n) is 12.1. The first-order valence-electron chi connectivity index (χ1n) is 6.69. The monoisotopic (exact) mass is 303 g/mol. The van der Waals surface area contributed by atoms with Crippen LogP contribution in [0.4, 0.5) is 4.79 Å². The van der Waals surface area contributed by atoms with Crippen LogP contribution in [0.15, 0.2) is 48.7 Å². The number of hydrogen-bond donors (Lipinski definition) is 1. The lowest BCUT2D eigenvalue weighted by molar-refractivity contribution is 0.217. The Morgan fingerprint density at radius 3 is 2.52 bits per heavy atom. The van der Waals surface area contributed by atoms with Crippen LogP contribution in [0.25, 0.3) is 0 Å². The van der Waals surface area contributed by atoms with Crippen LogP contribution in [0.1, 0.15) is 17.2 Å². The van der Waals surface area contributed by atoms with Crippen LogP contribution in [0.2, 0.25) is 5.02 Å². The van der Waals surface area contributed by atoms with Crippen molar-refractivity contribution in [2.75, 3.05) is 20.6 Å². The third kappa shape index (κ3) is 4.20. The van der Waals surface area contributed by atoms with Gasteiger partial charge >= 0.3 is 6.03 Å². The average molecular weight is 304 g/mol. The smallest absolute Gasteiger partial charge is 0.316 e. The summed E-state index contributed by atoms with van der Waals surface area (Å²) >= 11 is 5.94. The normalized spacial score (nSPS) is 11.8. The molecule has 1 heterocycles.